The Bertz CT molecular complexity index is 3100. The van der Waals surface area contributed by atoms with Crippen molar-refractivity contribution in [1.29, 1.82) is 0 Å². The molecule has 61 heavy (non-hydrogen) atoms. The molecule has 4 aliphatic carbocycles. The van der Waals surface area contributed by atoms with Gasteiger partial charge in [-0.3, -0.25) is 0 Å². The molecule has 0 aromatic heterocycles. The topological polar surface area (TPSA) is 6.48 Å². The fourth-order valence-electron chi connectivity index (χ4n) is 11.8. The molecule has 0 saturated carbocycles. The molecule has 0 radical (unpaired) electrons. The third-order valence-corrected chi connectivity index (χ3v) is 15.5. The van der Waals surface area contributed by atoms with E-state index >= 15 is 0 Å². The van der Waals surface area contributed by atoms with Crippen LogP contribution in [-0.2, 0) is 5.41 Å². The van der Waals surface area contributed by atoms with Crippen molar-refractivity contribution in [2.75, 3.05) is 16.3 Å². The summed E-state index contributed by atoms with van der Waals surface area (Å²) in [4.78, 5) is 7.66. The molecule has 1 spiro atoms. The summed E-state index contributed by atoms with van der Waals surface area (Å²) < 4.78 is 0. The van der Waals surface area contributed by atoms with Crippen LogP contribution < -0.4 is 9.80 Å². The van der Waals surface area contributed by atoms with Crippen molar-refractivity contribution in [2.24, 2.45) is 5.92 Å². The lowest BCUT2D eigenvalue weighted by Crippen LogP contribution is -2.34. The average molecular weight is 801 g/mol. The van der Waals surface area contributed by atoms with E-state index in [9.17, 15) is 0 Å². The third-order valence-electron chi connectivity index (χ3n) is 14.3. The van der Waals surface area contributed by atoms with Crippen molar-refractivity contribution in [3.05, 3.63) is 227 Å². The minimum Gasteiger partial charge on any atom is -0.345 e. The number of hydrogen-bond donors (Lipinski definition) is 0. The normalized spacial score (nSPS) is 21.4. The molecule has 2 nitrogen and oxygen atoms in total. The summed E-state index contributed by atoms with van der Waals surface area (Å²) in [5.74, 6) is 0.621. The molecule has 7 aromatic rings. The molecule has 2 heterocycles. The Labute approximate surface area is 362 Å². The van der Waals surface area contributed by atoms with E-state index in [4.69, 9.17) is 0 Å². The molecule has 3 unspecified atom stereocenters. The first-order valence-electron chi connectivity index (χ1n) is 22.0. The van der Waals surface area contributed by atoms with E-state index in [1.54, 1.807) is 0 Å². The van der Waals surface area contributed by atoms with Crippen LogP contribution in [-0.4, -0.2) is 6.54 Å². The van der Waals surface area contributed by atoms with Gasteiger partial charge in [0, 0.05) is 44.9 Å². The zero-order valence-electron chi connectivity index (χ0n) is 34.0. The fourth-order valence-corrected chi connectivity index (χ4v) is 12.9. The standard InChI is InChI=1S/C58H44N2S/c1-6-23-52-40(14-1)16-13-35-59(52)41-32-34-46-45-33-30-38(36-50(45)58(51(46)37-41)48-21-4-2-17-43(48)44-18-3-5-22-49(44)58)29-31-39-15-11-20-47-42(39)19-12-26-53(47)60-54-24-7-9-27-56(54)61-57-28-10-8-25-55(57)60/h1-5,7-12,14-15,17-22,24-34,36-37,43,48H,6,13,16,23,35H2/b31-29+. The highest BCUT2D eigenvalue weighted by molar-refractivity contribution is 7.99. The van der Waals surface area contributed by atoms with Gasteiger partial charge >= 0.3 is 0 Å². The van der Waals surface area contributed by atoms with Crippen molar-refractivity contribution in [3.8, 4) is 11.1 Å². The molecule has 2 aliphatic heterocycles. The molecular weight excluding hydrogens is 757 g/mol. The van der Waals surface area contributed by atoms with Gasteiger partial charge in [-0.1, -0.05) is 157 Å². The summed E-state index contributed by atoms with van der Waals surface area (Å²) in [5.41, 5.74) is 18.8. The zero-order chi connectivity index (χ0) is 40.1. The van der Waals surface area contributed by atoms with Gasteiger partial charge in [-0.25, -0.2) is 0 Å². The quantitative estimate of drug-likeness (QED) is 0.164. The highest BCUT2D eigenvalue weighted by Gasteiger charge is 2.57. The molecule has 0 saturated heterocycles. The summed E-state index contributed by atoms with van der Waals surface area (Å²) in [7, 11) is 0. The van der Waals surface area contributed by atoms with Gasteiger partial charge in [0.2, 0.25) is 0 Å². The van der Waals surface area contributed by atoms with Crippen molar-refractivity contribution >= 4 is 57.4 Å². The molecule has 0 fully saturated rings. The van der Waals surface area contributed by atoms with Gasteiger partial charge in [0.15, 0.2) is 0 Å². The van der Waals surface area contributed by atoms with E-state index in [-0.39, 0.29) is 11.3 Å². The van der Waals surface area contributed by atoms with Crippen LogP contribution >= 0.6 is 11.8 Å². The average Bonchev–Trinajstić information content (AvgIpc) is 3.79. The van der Waals surface area contributed by atoms with Crippen LogP contribution in [0.2, 0.25) is 0 Å². The lowest BCUT2D eigenvalue weighted by molar-refractivity contribution is 0.465. The Balaban J connectivity index is 0.943. The van der Waals surface area contributed by atoms with Crippen LogP contribution in [0.15, 0.2) is 203 Å². The number of fused-ring (bicyclic) bond motifs is 13. The van der Waals surface area contributed by atoms with Crippen LogP contribution in [0.3, 0.4) is 0 Å². The van der Waals surface area contributed by atoms with Crippen LogP contribution in [0.1, 0.15) is 65.0 Å². The predicted octanol–water partition coefficient (Wildman–Crippen LogP) is 15.3. The van der Waals surface area contributed by atoms with E-state index in [0.717, 1.165) is 19.4 Å². The number of rotatable bonds is 4. The second-order valence-corrected chi connectivity index (χ2v) is 18.4. The van der Waals surface area contributed by atoms with Crippen molar-refractivity contribution in [3.63, 3.8) is 0 Å². The van der Waals surface area contributed by atoms with E-state index in [0.29, 0.717) is 5.92 Å². The Morgan fingerprint density at radius 1 is 0.607 bits per heavy atom. The first-order valence-corrected chi connectivity index (χ1v) is 22.8. The van der Waals surface area contributed by atoms with Gasteiger partial charge in [-0.2, -0.15) is 0 Å². The number of hydrogen-bond acceptors (Lipinski definition) is 3. The predicted molar refractivity (Wildman–Crippen MR) is 256 cm³/mol. The first kappa shape index (κ1) is 35.2. The summed E-state index contributed by atoms with van der Waals surface area (Å²) in [6.07, 6.45) is 23.6. The van der Waals surface area contributed by atoms with Gasteiger partial charge in [0.1, 0.15) is 0 Å². The molecule has 292 valence electrons. The van der Waals surface area contributed by atoms with E-state index in [2.05, 4.69) is 204 Å². The number of nitrogens with zero attached hydrogens (tertiary/aromatic N) is 2. The molecular formula is C58H44N2S. The summed E-state index contributed by atoms with van der Waals surface area (Å²) >= 11 is 1.85. The molecule has 13 rings (SSSR count). The fraction of sp³-hybridized carbons (Fsp3) is 0.138. The van der Waals surface area contributed by atoms with E-state index < -0.39 is 0 Å². The SMILES string of the molecule is C1=CC2c3ccccc3C3(c4cc(/C=C/c5cccc6c(N7c8ccccc8Sc8ccccc87)cccc56)ccc4-c4ccc(N5CCCC6=C5CCC=C6)cc43)C2C=C1. The number of benzene rings is 7. The number of para-hydroxylation sites is 2. The molecule has 3 heteroatoms. The Morgan fingerprint density at radius 2 is 1.34 bits per heavy atom. The monoisotopic (exact) mass is 800 g/mol. The van der Waals surface area contributed by atoms with Gasteiger partial charge in [0.25, 0.3) is 0 Å². The largest absolute Gasteiger partial charge is 0.345 e. The van der Waals surface area contributed by atoms with Gasteiger partial charge in [-0.05, 0) is 130 Å². The maximum absolute atomic E-state index is 2.65. The van der Waals surface area contributed by atoms with Crippen LogP contribution in [0.25, 0.3) is 34.1 Å². The molecule has 7 aromatic carbocycles. The lowest BCUT2D eigenvalue weighted by atomic mass is 9.65. The first-order chi connectivity index (χ1) is 30.3. The van der Waals surface area contributed by atoms with Crippen LogP contribution in [0.4, 0.5) is 22.7 Å². The Kier molecular flexibility index (Phi) is 7.94. The minimum absolute atomic E-state index is 0.290. The molecule has 0 amide bonds. The van der Waals surface area contributed by atoms with Gasteiger partial charge in [0.05, 0.1) is 22.5 Å². The highest BCUT2D eigenvalue weighted by atomic mass is 32.2. The highest BCUT2D eigenvalue weighted by Crippen LogP contribution is 2.66. The molecule has 0 bridgehead atoms. The zero-order valence-corrected chi connectivity index (χ0v) is 34.8. The third kappa shape index (κ3) is 5.17. The van der Waals surface area contributed by atoms with E-state index in [1.807, 2.05) is 11.8 Å². The van der Waals surface area contributed by atoms with Crippen molar-refractivity contribution in [1.82, 2.24) is 0 Å². The van der Waals surface area contributed by atoms with Crippen molar-refractivity contribution in [2.45, 2.75) is 46.8 Å². The molecule has 3 atom stereocenters. The minimum atomic E-state index is -0.291. The number of allylic oxidation sites excluding steroid dienone is 8. The lowest BCUT2D eigenvalue weighted by Gasteiger charge is -2.38. The summed E-state index contributed by atoms with van der Waals surface area (Å²) in [6.45, 7) is 1.08. The molecule has 0 N–H and O–H groups in total. The Morgan fingerprint density at radius 3 is 2.23 bits per heavy atom. The maximum atomic E-state index is 2.65. The number of anilines is 4. The smallest absolute Gasteiger partial charge is 0.0601 e. The summed E-state index contributed by atoms with van der Waals surface area (Å²) in [5, 5.41) is 2.49. The maximum Gasteiger partial charge on any atom is 0.0601 e. The van der Waals surface area contributed by atoms with E-state index in [1.165, 1.54) is 112 Å². The van der Waals surface area contributed by atoms with Gasteiger partial charge < -0.3 is 9.80 Å². The van der Waals surface area contributed by atoms with Gasteiger partial charge in [-0.15, -0.1) is 0 Å². The van der Waals surface area contributed by atoms with Crippen molar-refractivity contribution < 1.29 is 0 Å². The Hall–Kier alpha value is -6.55. The van der Waals surface area contributed by atoms with Crippen LogP contribution in [0.5, 0.6) is 0 Å². The summed E-state index contributed by atoms with van der Waals surface area (Å²) in [6, 6.07) is 55.2. The van der Waals surface area contributed by atoms with Crippen LogP contribution in [0, 0.1) is 5.92 Å². The second-order valence-electron chi connectivity index (χ2n) is 17.3. The second kappa shape index (κ2) is 13.7. The molecule has 6 aliphatic rings.